The number of carbonyl (C=O) groups is 1. The highest BCUT2D eigenvalue weighted by Gasteiger charge is 2.21. The molecule has 1 atom stereocenters. The summed E-state index contributed by atoms with van der Waals surface area (Å²) in [5.74, 6) is 0.334. The number of hydrogen-bond donors (Lipinski definition) is 1. The Morgan fingerprint density at radius 2 is 1.90 bits per heavy atom. The van der Waals surface area contributed by atoms with Crippen molar-refractivity contribution in [1.82, 2.24) is 0 Å². The van der Waals surface area contributed by atoms with E-state index in [0.717, 1.165) is 15.7 Å². The highest BCUT2D eigenvalue weighted by Crippen LogP contribution is 2.25. The number of rotatable bonds is 5. The number of anilines is 1. The molecule has 0 radical (unpaired) electrons. The van der Waals surface area contributed by atoms with Gasteiger partial charge in [-0.3, -0.25) is 0 Å². The van der Waals surface area contributed by atoms with Crippen molar-refractivity contribution in [2.24, 2.45) is 0 Å². The molecule has 5 heteroatoms. The lowest BCUT2D eigenvalue weighted by Crippen LogP contribution is -2.22. The molecule has 0 aliphatic rings. The topological polar surface area (TPSA) is 47.6 Å². The van der Waals surface area contributed by atoms with Crippen LogP contribution >= 0.6 is 15.9 Å². The molecule has 0 aliphatic heterocycles. The summed E-state index contributed by atoms with van der Waals surface area (Å²) in [4.78, 5) is 12.1. The van der Waals surface area contributed by atoms with Gasteiger partial charge in [-0.15, -0.1) is 0 Å². The van der Waals surface area contributed by atoms with Crippen LogP contribution in [0.2, 0.25) is 0 Å². The van der Waals surface area contributed by atoms with Gasteiger partial charge in [0.2, 0.25) is 0 Å². The lowest BCUT2D eigenvalue weighted by Gasteiger charge is -2.18. The van der Waals surface area contributed by atoms with Crippen molar-refractivity contribution in [3.63, 3.8) is 0 Å². The normalized spacial score (nSPS) is 11.6. The number of benzene rings is 2. The number of hydrogen-bond acceptors (Lipinski definition) is 4. The Morgan fingerprint density at radius 3 is 2.57 bits per heavy atom. The molecule has 2 aromatic rings. The van der Waals surface area contributed by atoms with Gasteiger partial charge in [0, 0.05) is 10.2 Å². The third kappa shape index (κ3) is 3.98. The van der Waals surface area contributed by atoms with E-state index in [0.29, 0.717) is 5.75 Å². The van der Waals surface area contributed by atoms with Crippen LogP contribution in [0.5, 0.6) is 5.75 Å². The Kier molecular flexibility index (Phi) is 5.22. The third-order valence-corrected chi connectivity index (χ3v) is 3.49. The van der Waals surface area contributed by atoms with Crippen LogP contribution in [0, 0.1) is 0 Å². The molecule has 0 heterocycles. The molecule has 2 rings (SSSR count). The molecule has 1 unspecified atom stereocenters. The zero-order chi connectivity index (χ0) is 15.2. The van der Waals surface area contributed by atoms with E-state index < -0.39 is 6.04 Å². The summed E-state index contributed by atoms with van der Waals surface area (Å²) in [6, 6.07) is 14.3. The van der Waals surface area contributed by atoms with Gasteiger partial charge in [-0.25, -0.2) is 4.79 Å². The maximum absolute atomic E-state index is 12.1. The molecule has 0 saturated carbocycles. The largest absolute Gasteiger partial charge is 0.497 e. The van der Waals surface area contributed by atoms with Gasteiger partial charge in [-0.05, 0) is 35.9 Å². The second-order valence-corrected chi connectivity index (χ2v) is 5.30. The van der Waals surface area contributed by atoms with Crippen molar-refractivity contribution < 1.29 is 14.3 Å². The molecule has 110 valence electrons. The van der Waals surface area contributed by atoms with E-state index in [1.165, 1.54) is 7.11 Å². The number of esters is 1. The van der Waals surface area contributed by atoms with E-state index >= 15 is 0 Å². The zero-order valence-electron chi connectivity index (χ0n) is 11.8. The van der Waals surface area contributed by atoms with Crippen LogP contribution in [0.3, 0.4) is 0 Å². The first kappa shape index (κ1) is 15.4. The molecule has 1 N–H and O–H groups in total. The molecule has 21 heavy (non-hydrogen) atoms. The van der Waals surface area contributed by atoms with Crippen molar-refractivity contribution >= 4 is 27.6 Å². The second kappa shape index (κ2) is 7.13. The fourth-order valence-corrected chi connectivity index (χ4v) is 2.36. The third-order valence-electron chi connectivity index (χ3n) is 3.00. The van der Waals surface area contributed by atoms with E-state index in [4.69, 9.17) is 9.47 Å². The van der Waals surface area contributed by atoms with Crippen LogP contribution in [-0.4, -0.2) is 20.2 Å². The highest BCUT2D eigenvalue weighted by atomic mass is 79.9. The number of nitrogens with one attached hydrogen (secondary N) is 1. The maximum Gasteiger partial charge on any atom is 0.332 e. The summed E-state index contributed by atoms with van der Waals surface area (Å²) in [5, 5.41) is 3.18. The fourth-order valence-electron chi connectivity index (χ4n) is 1.96. The predicted octanol–water partition coefficient (Wildman–Crippen LogP) is 3.78. The van der Waals surface area contributed by atoms with Gasteiger partial charge in [-0.1, -0.05) is 34.1 Å². The Balaban J connectivity index is 2.32. The minimum absolute atomic E-state index is 0.358. The van der Waals surface area contributed by atoms with E-state index in [1.807, 2.05) is 48.5 Å². The van der Waals surface area contributed by atoms with Crippen molar-refractivity contribution in [1.29, 1.82) is 0 Å². The summed E-state index contributed by atoms with van der Waals surface area (Å²) in [6.45, 7) is 0. The van der Waals surface area contributed by atoms with Gasteiger partial charge < -0.3 is 14.8 Å². The van der Waals surface area contributed by atoms with Crippen LogP contribution in [0.4, 0.5) is 5.69 Å². The van der Waals surface area contributed by atoms with Crippen LogP contribution in [-0.2, 0) is 9.53 Å². The molecule has 0 fully saturated rings. The smallest absolute Gasteiger partial charge is 0.332 e. The molecule has 4 nitrogen and oxygen atoms in total. The standard InChI is InChI=1S/C16H16BrNO3/c1-20-14-8-3-5-11(9-14)15(16(19)21-2)18-13-7-4-6-12(17)10-13/h3-10,15,18H,1-2H3. The first-order valence-electron chi connectivity index (χ1n) is 6.38. The number of ether oxygens (including phenoxy) is 2. The molecule has 0 bridgehead atoms. The average Bonchev–Trinajstić information content (AvgIpc) is 2.52. The first-order valence-corrected chi connectivity index (χ1v) is 7.17. The van der Waals surface area contributed by atoms with Gasteiger partial charge >= 0.3 is 5.97 Å². The minimum Gasteiger partial charge on any atom is -0.497 e. The van der Waals surface area contributed by atoms with Gasteiger partial charge in [0.1, 0.15) is 5.75 Å². The van der Waals surface area contributed by atoms with Crippen molar-refractivity contribution in [3.05, 3.63) is 58.6 Å². The summed E-state index contributed by atoms with van der Waals surface area (Å²) < 4.78 is 11.0. The Hall–Kier alpha value is -2.01. The fraction of sp³-hybridized carbons (Fsp3) is 0.188. The predicted molar refractivity (Wildman–Crippen MR) is 85.5 cm³/mol. The van der Waals surface area contributed by atoms with E-state index in [-0.39, 0.29) is 5.97 Å². The molecule has 2 aromatic carbocycles. The zero-order valence-corrected chi connectivity index (χ0v) is 13.4. The number of halogens is 1. The Labute approximate surface area is 132 Å². The maximum atomic E-state index is 12.1. The van der Waals surface area contributed by atoms with Crippen LogP contribution in [0.25, 0.3) is 0 Å². The van der Waals surface area contributed by atoms with Crippen molar-refractivity contribution in [2.75, 3.05) is 19.5 Å². The monoisotopic (exact) mass is 349 g/mol. The summed E-state index contributed by atoms with van der Waals surface area (Å²) in [5.41, 5.74) is 1.60. The van der Waals surface area contributed by atoms with E-state index in [1.54, 1.807) is 7.11 Å². The Morgan fingerprint density at radius 1 is 1.14 bits per heavy atom. The first-order chi connectivity index (χ1) is 10.1. The molecular weight excluding hydrogens is 334 g/mol. The highest BCUT2D eigenvalue weighted by molar-refractivity contribution is 9.10. The molecule has 0 aliphatic carbocycles. The van der Waals surface area contributed by atoms with Crippen molar-refractivity contribution in [2.45, 2.75) is 6.04 Å². The molecule has 0 aromatic heterocycles. The van der Waals surface area contributed by atoms with Crippen molar-refractivity contribution in [3.8, 4) is 5.75 Å². The number of methoxy groups -OCH3 is 2. The van der Waals surface area contributed by atoms with Gasteiger partial charge in [0.25, 0.3) is 0 Å². The SMILES string of the molecule is COC(=O)C(Nc1cccc(Br)c1)c1cccc(OC)c1. The van der Waals surface area contributed by atoms with E-state index in [9.17, 15) is 4.79 Å². The quantitative estimate of drug-likeness (QED) is 0.834. The lowest BCUT2D eigenvalue weighted by atomic mass is 10.1. The molecule has 0 spiro atoms. The molecule has 0 amide bonds. The number of carbonyl (C=O) groups excluding carboxylic acids is 1. The Bertz CT molecular complexity index is 630. The van der Waals surface area contributed by atoms with Gasteiger partial charge in [-0.2, -0.15) is 0 Å². The summed E-state index contributed by atoms with van der Waals surface area (Å²) in [7, 11) is 2.96. The van der Waals surface area contributed by atoms with Gasteiger partial charge in [0.05, 0.1) is 14.2 Å². The van der Waals surface area contributed by atoms with Gasteiger partial charge in [0.15, 0.2) is 6.04 Å². The summed E-state index contributed by atoms with van der Waals surface area (Å²) >= 11 is 3.41. The molecule has 0 saturated heterocycles. The minimum atomic E-state index is -0.598. The van der Waals surface area contributed by atoms with Crippen LogP contribution < -0.4 is 10.1 Å². The molecular formula is C16H16BrNO3. The van der Waals surface area contributed by atoms with E-state index in [2.05, 4.69) is 21.2 Å². The van der Waals surface area contributed by atoms with Crippen LogP contribution in [0.15, 0.2) is 53.0 Å². The summed E-state index contributed by atoms with van der Waals surface area (Å²) in [6.07, 6.45) is 0. The average molecular weight is 350 g/mol. The second-order valence-electron chi connectivity index (χ2n) is 4.39. The lowest BCUT2D eigenvalue weighted by molar-refractivity contribution is -0.141. The van der Waals surface area contributed by atoms with Crippen LogP contribution in [0.1, 0.15) is 11.6 Å².